The molecule has 1 heterocycles. The number of alkyl halides is 4. The highest BCUT2D eigenvalue weighted by Crippen LogP contribution is 2.29. The minimum atomic E-state index is -5.10. The molecule has 1 rings (SSSR count). The first-order chi connectivity index (χ1) is 9.26. The van der Waals surface area contributed by atoms with Gasteiger partial charge in [0.15, 0.2) is 11.6 Å². The molecule has 9 heteroatoms. The minimum absolute atomic E-state index is 0.0158. The Morgan fingerprint density at radius 2 is 2.10 bits per heavy atom. The molecule has 0 aromatic carbocycles. The number of hydrogen-bond acceptors (Lipinski definition) is 4. The van der Waals surface area contributed by atoms with Crippen molar-refractivity contribution in [1.29, 1.82) is 0 Å². The molecule has 20 heavy (non-hydrogen) atoms. The van der Waals surface area contributed by atoms with Crippen molar-refractivity contribution < 1.29 is 31.8 Å². The minimum Gasteiger partial charge on any atom is -0.466 e. The molecule has 0 N–H and O–H groups in total. The average Bonchev–Trinajstić information content (AvgIpc) is 2.32. The number of esters is 1. The van der Waals surface area contributed by atoms with Gasteiger partial charge in [-0.3, -0.25) is 9.78 Å². The summed E-state index contributed by atoms with van der Waals surface area (Å²) in [4.78, 5) is 14.9. The summed E-state index contributed by atoms with van der Waals surface area (Å²) in [5, 5.41) is 0. The van der Waals surface area contributed by atoms with Gasteiger partial charge in [0.2, 0.25) is 0 Å². The second-order valence-corrected chi connectivity index (χ2v) is 3.80. The van der Waals surface area contributed by atoms with E-state index in [1.165, 1.54) is 6.92 Å². The Morgan fingerprint density at radius 1 is 1.45 bits per heavy atom. The zero-order chi connectivity index (χ0) is 15.3. The topological polar surface area (TPSA) is 48.4 Å². The van der Waals surface area contributed by atoms with Gasteiger partial charge >= 0.3 is 12.3 Å². The Bertz CT molecular complexity index is 493. The van der Waals surface area contributed by atoms with Gasteiger partial charge < -0.3 is 9.47 Å². The Morgan fingerprint density at radius 3 is 2.60 bits per heavy atom. The highest BCUT2D eigenvalue weighted by molar-refractivity contribution is 6.16. The first kappa shape index (κ1) is 16.5. The van der Waals surface area contributed by atoms with E-state index in [0.717, 1.165) is 0 Å². The lowest BCUT2D eigenvalue weighted by molar-refractivity contribution is -0.276. The van der Waals surface area contributed by atoms with E-state index in [9.17, 15) is 22.4 Å². The second-order valence-electron chi connectivity index (χ2n) is 3.53. The lowest BCUT2D eigenvalue weighted by Gasteiger charge is -2.14. The van der Waals surface area contributed by atoms with Gasteiger partial charge in [-0.15, -0.1) is 24.8 Å². The zero-order valence-corrected chi connectivity index (χ0v) is 11.0. The number of nitrogens with zero attached hydrogens (tertiary/aromatic N) is 1. The molecule has 0 radical (unpaired) electrons. The summed E-state index contributed by atoms with van der Waals surface area (Å²) in [7, 11) is 0. The molecule has 0 unspecified atom stereocenters. The maximum atomic E-state index is 13.6. The van der Waals surface area contributed by atoms with Crippen LogP contribution in [-0.4, -0.2) is 23.9 Å². The van der Waals surface area contributed by atoms with Crippen LogP contribution in [0.4, 0.5) is 17.6 Å². The SMILES string of the molecule is CCOC(=O)Cc1nc(CCl)cc(F)c1OC(F)(F)F. The Hall–Kier alpha value is -1.57. The van der Waals surface area contributed by atoms with Crippen LogP contribution >= 0.6 is 11.6 Å². The first-order valence-corrected chi connectivity index (χ1v) is 5.96. The summed E-state index contributed by atoms with van der Waals surface area (Å²) in [6.07, 6.45) is -5.75. The van der Waals surface area contributed by atoms with Crippen molar-refractivity contribution >= 4 is 17.6 Å². The third-order valence-corrected chi connectivity index (χ3v) is 2.30. The molecule has 0 amide bonds. The van der Waals surface area contributed by atoms with Crippen LogP contribution in [0.2, 0.25) is 0 Å². The summed E-state index contributed by atoms with van der Waals surface area (Å²) in [6, 6.07) is 0.711. The molecule has 0 atom stereocenters. The van der Waals surface area contributed by atoms with Crippen molar-refractivity contribution in [2.45, 2.75) is 25.6 Å². The van der Waals surface area contributed by atoms with E-state index in [1.54, 1.807) is 0 Å². The van der Waals surface area contributed by atoms with E-state index >= 15 is 0 Å². The van der Waals surface area contributed by atoms with Crippen LogP contribution in [0.5, 0.6) is 5.75 Å². The van der Waals surface area contributed by atoms with Crippen LogP contribution < -0.4 is 4.74 Å². The third-order valence-electron chi connectivity index (χ3n) is 2.02. The number of rotatable bonds is 5. The molecule has 0 aliphatic rings. The van der Waals surface area contributed by atoms with Gasteiger partial charge in [-0.2, -0.15) is 0 Å². The maximum Gasteiger partial charge on any atom is 0.573 e. The van der Waals surface area contributed by atoms with Gasteiger partial charge in [0.25, 0.3) is 0 Å². The highest BCUT2D eigenvalue weighted by Gasteiger charge is 2.34. The lowest BCUT2D eigenvalue weighted by Crippen LogP contribution is -2.21. The van der Waals surface area contributed by atoms with Gasteiger partial charge in [-0.25, -0.2) is 4.39 Å². The molecule has 0 saturated carbocycles. The molecular weight excluding hydrogens is 306 g/mol. The average molecular weight is 316 g/mol. The van der Waals surface area contributed by atoms with Crippen LogP contribution in [0.1, 0.15) is 18.3 Å². The predicted molar refractivity (Wildman–Crippen MR) is 60.8 cm³/mol. The molecule has 0 fully saturated rings. The standard InChI is InChI=1S/C11H10ClF4NO3/c1-2-19-9(18)4-8-10(20-11(14,15)16)7(13)3-6(5-12)17-8/h3H,2,4-5H2,1H3. The number of hydrogen-bond donors (Lipinski definition) is 0. The molecular formula is C11H10ClF4NO3. The fraction of sp³-hybridized carbons (Fsp3) is 0.455. The molecule has 1 aromatic rings. The molecule has 0 saturated heterocycles. The van der Waals surface area contributed by atoms with Crippen LogP contribution in [0.25, 0.3) is 0 Å². The van der Waals surface area contributed by atoms with Crippen molar-refractivity contribution in [2.75, 3.05) is 6.61 Å². The summed E-state index contributed by atoms with van der Waals surface area (Å²) in [6.45, 7) is 1.56. The number of pyridine rings is 1. The maximum absolute atomic E-state index is 13.6. The van der Waals surface area contributed by atoms with Crippen molar-refractivity contribution in [1.82, 2.24) is 4.98 Å². The van der Waals surface area contributed by atoms with Gasteiger partial charge in [0.05, 0.1) is 30.3 Å². The highest BCUT2D eigenvalue weighted by atomic mass is 35.5. The molecule has 0 aliphatic heterocycles. The molecule has 0 spiro atoms. The summed E-state index contributed by atoms with van der Waals surface area (Å²) >= 11 is 5.45. The molecule has 112 valence electrons. The summed E-state index contributed by atoms with van der Waals surface area (Å²) < 4.78 is 58.3. The monoisotopic (exact) mass is 315 g/mol. The van der Waals surface area contributed by atoms with Crippen molar-refractivity contribution in [3.8, 4) is 5.75 Å². The molecule has 0 bridgehead atoms. The lowest BCUT2D eigenvalue weighted by atomic mass is 10.2. The Balaban J connectivity index is 3.15. The van der Waals surface area contributed by atoms with Gasteiger partial charge in [-0.1, -0.05) is 0 Å². The third kappa shape index (κ3) is 4.84. The fourth-order valence-electron chi connectivity index (χ4n) is 1.37. The van der Waals surface area contributed by atoms with Crippen LogP contribution in [0, 0.1) is 5.82 Å². The van der Waals surface area contributed by atoms with Crippen LogP contribution in [-0.2, 0) is 21.8 Å². The van der Waals surface area contributed by atoms with Gasteiger partial charge in [0, 0.05) is 6.07 Å². The van der Waals surface area contributed by atoms with Crippen molar-refractivity contribution in [2.24, 2.45) is 0 Å². The second kappa shape index (κ2) is 6.74. The van der Waals surface area contributed by atoms with Gasteiger partial charge in [-0.05, 0) is 6.92 Å². The normalized spacial score (nSPS) is 11.3. The number of halogens is 5. The fourth-order valence-corrected chi connectivity index (χ4v) is 1.50. The number of carbonyl (C=O) groups is 1. The van der Waals surface area contributed by atoms with Gasteiger partial charge in [0.1, 0.15) is 0 Å². The van der Waals surface area contributed by atoms with E-state index in [4.69, 9.17) is 11.6 Å². The molecule has 0 aliphatic carbocycles. The largest absolute Gasteiger partial charge is 0.573 e. The summed E-state index contributed by atoms with van der Waals surface area (Å²) in [5.74, 6) is -3.52. The predicted octanol–water partition coefficient (Wildman–Crippen LogP) is 2.96. The van der Waals surface area contributed by atoms with Crippen LogP contribution in [0.3, 0.4) is 0 Å². The molecule has 1 aromatic heterocycles. The Kier molecular flexibility index (Phi) is 5.55. The Labute approximate surface area is 116 Å². The van der Waals surface area contributed by atoms with E-state index in [2.05, 4.69) is 14.5 Å². The van der Waals surface area contributed by atoms with E-state index in [-0.39, 0.29) is 18.2 Å². The van der Waals surface area contributed by atoms with Crippen LogP contribution in [0.15, 0.2) is 6.07 Å². The number of ether oxygens (including phenoxy) is 2. The molecule has 4 nitrogen and oxygen atoms in total. The quantitative estimate of drug-likeness (QED) is 0.476. The first-order valence-electron chi connectivity index (χ1n) is 5.42. The number of aromatic nitrogens is 1. The zero-order valence-electron chi connectivity index (χ0n) is 10.3. The smallest absolute Gasteiger partial charge is 0.466 e. The summed E-state index contributed by atoms with van der Waals surface area (Å²) in [5.41, 5.74) is -0.533. The van der Waals surface area contributed by atoms with E-state index in [1.807, 2.05) is 0 Å². The van der Waals surface area contributed by atoms with E-state index < -0.39 is 36.0 Å². The van der Waals surface area contributed by atoms with Crippen molar-refractivity contribution in [3.63, 3.8) is 0 Å². The van der Waals surface area contributed by atoms with E-state index in [0.29, 0.717) is 6.07 Å². The number of carbonyl (C=O) groups excluding carboxylic acids is 1. The van der Waals surface area contributed by atoms with Crippen molar-refractivity contribution in [3.05, 3.63) is 23.3 Å².